The Balaban J connectivity index is 1.58. The van der Waals surface area contributed by atoms with Crippen molar-refractivity contribution in [2.24, 2.45) is 0 Å². The SMILES string of the molecule is C=CCn1ncc2cc(C)c(Nc3ncc(C(=O)NCCO)c(NSCc4ccccc4CNO)n3)cc21. The molecule has 198 valence electrons. The zero-order valence-electron chi connectivity index (χ0n) is 20.9. The van der Waals surface area contributed by atoms with Crippen LogP contribution in [0.15, 0.2) is 61.4 Å². The monoisotopic (exact) mass is 534 g/mol. The second-order valence-corrected chi connectivity index (χ2v) is 9.18. The summed E-state index contributed by atoms with van der Waals surface area (Å²) in [7, 11) is 0. The molecule has 0 atom stereocenters. The van der Waals surface area contributed by atoms with Crippen LogP contribution in [0.2, 0.25) is 0 Å². The number of hydroxylamine groups is 1. The maximum absolute atomic E-state index is 12.7. The first-order valence-corrected chi connectivity index (χ1v) is 12.9. The lowest BCUT2D eigenvalue weighted by Gasteiger charge is -2.14. The third-order valence-electron chi connectivity index (χ3n) is 5.75. The van der Waals surface area contributed by atoms with Gasteiger partial charge in [-0.3, -0.25) is 9.48 Å². The second-order valence-electron chi connectivity index (χ2n) is 8.40. The fourth-order valence-electron chi connectivity index (χ4n) is 3.85. The van der Waals surface area contributed by atoms with Crippen LogP contribution in [-0.4, -0.2) is 49.1 Å². The lowest BCUT2D eigenvalue weighted by atomic mass is 10.1. The van der Waals surface area contributed by atoms with Crippen molar-refractivity contribution in [2.45, 2.75) is 25.8 Å². The molecule has 0 spiro atoms. The number of aromatic nitrogens is 4. The van der Waals surface area contributed by atoms with Crippen LogP contribution in [0.25, 0.3) is 10.9 Å². The number of aryl methyl sites for hydroxylation is 1. The Morgan fingerprint density at radius 1 is 1.21 bits per heavy atom. The molecule has 2 heterocycles. The molecule has 38 heavy (non-hydrogen) atoms. The van der Waals surface area contributed by atoms with Crippen molar-refractivity contribution >= 4 is 46.2 Å². The van der Waals surface area contributed by atoms with Gasteiger partial charge in [-0.05, 0) is 47.7 Å². The van der Waals surface area contributed by atoms with E-state index in [0.29, 0.717) is 30.6 Å². The van der Waals surface area contributed by atoms with Crippen molar-refractivity contribution in [1.82, 2.24) is 30.5 Å². The molecule has 2 aromatic heterocycles. The van der Waals surface area contributed by atoms with E-state index in [4.69, 9.17) is 10.3 Å². The summed E-state index contributed by atoms with van der Waals surface area (Å²) in [6, 6.07) is 11.8. The smallest absolute Gasteiger partial charge is 0.256 e. The first-order valence-electron chi connectivity index (χ1n) is 12.0. The standard InChI is InChI=1S/C26H30N8O3S/c1-3-9-34-23-12-22(17(2)11-20(23)13-29-34)31-26-28-15-21(25(36)27-8-10-35)24(32-26)33-38-16-19-7-5-4-6-18(19)14-30-37/h3-7,11-13,15,30,35,37H,1,8-10,14,16H2,2H3,(H,27,36)(H2,28,31,32,33). The van der Waals surface area contributed by atoms with Gasteiger partial charge in [0.1, 0.15) is 5.56 Å². The number of hydrogen-bond acceptors (Lipinski definition) is 10. The van der Waals surface area contributed by atoms with E-state index < -0.39 is 5.91 Å². The molecule has 4 aromatic rings. The number of hydrogen-bond donors (Lipinski definition) is 6. The van der Waals surface area contributed by atoms with Gasteiger partial charge < -0.3 is 25.7 Å². The molecule has 2 aromatic carbocycles. The third-order valence-corrected chi connectivity index (χ3v) is 6.54. The van der Waals surface area contributed by atoms with Gasteiger partial charge in [-0.1, -0.05) is 30.3 Å². The Hall–Kier alpha value is -3.97. The van der Waals surface area contributed by atoms with Crippen molar-refractivity contribution in [3.05, 3.63) is 83.7 Å². The van der Waals surface area contributed by atoms with E-state index in [9.17, 15) is 4.79 Å². The highest BCUT2D eigenvalue weighted by atomic mass is 32.2. The Kier molecular flexibility index (Phi) is 9.27. The summed E-state index contributed by atoms with van der Waals surface area (Å²) in [5, 5.41) is 29.5. The number of nitrogens with zero attached hydrogens (tertiary/aromatic N) is 4. The van der Waals surface area contributed by atoms with Crippen molar-refractivity contribution < 1.29 is 15.1 Å². The first-order chi connectivity index (χ1) is 18.5. The van der Waals surface area contributed by atoms with Gasteiger partial charge >= 0.3 is 0 Å². The van der Waals surface area contributed by atoms with Gasteiger partial charge in [0, 0.05) is 36.1 Å². The van der Waals surface area contributed by atoms with Crippen LogP contribution in [-0.2, 0) is 18.8 Å². The van der Waals surface area contributed by atoms with Gasteiger partial charge in [-0.15, -0.1) is 6.58 Å². The van der Waals surface area contributed by atoms with Gasteiger partial charge in [0.05, 0.1) is 24.9 Å². The number of allylic oxidation sites excluding steroid dienone is 1. The number of aliphatic hydroxyl groups excluding tert-OH is 1. The molecule has 6 N–H and O–H groups in total. The highest BCUT2D eigenvalue weighted by Crippen LogP contribution is 2.27. The summed E-state index contributed by atoms with van der Waals surface area (Å²) >= 11 is 1.36. The molecule has 0 aliphatic heterocycles. The summed E-state index contributed by atoms with van der Waals surface area (Å²) in [6.45, 7) is 6.62. The van der Waals surface area contributed by atoms with Gasteiger partial charge in [-0.2, -0.15) is 10.1 Å². The highest BCUT2D eigenvalue weighted by Gasteiger charge is 2.16. The molecule has 1 amide bonds. The van der Waals surface area contributed by atoms with Gasteiger partial charge in [0.25, 0.3) is 5.91 Å². The number of amides is 1. The van der Waals surface area contributed by atoms with Crippen molar-refractivity contribution in [1.29, 1.82) is 0 Å². The molecular weight excluding hydrogens is 504 g/mol. The number of fused-ring (bicyclic) bond motifs is 1. The molecule has 0 aliphatic rings. The van der Waals surface area contributed by atoms with E-state index in [-0.39, 0.29) is 18.7 Å². The molecule has 0 saturated heterocycles. The number of carbonyl (C=O) groups is 1. The highest BCUT2D eigenvalue weighted by molar-refractivity contribution is 7.99. The van der Waals surface area contributed by atoms with Gasteiger partial charge in [-0.25, -0.2) is 10.5 Å². The Bertz CT molecular complexity index is 1430. The summed E-state index contributed by atoms with van der Waals surface area (Å²) in [5.41, 5.74) is 7.16. The molecule has 0 bridgehead atoms. The molecule has 4 rings (SSSR count). The Labute approximate surface area is 224 Å². The fraction of sp³-hybridized carbons (Fsp3) is 0.231. The van der Waals surface area contributed by atoms with Crippen molar-refractivity contribution in [3.63, 3.8) is 0 Å². The zero-order valence-corrected chi connectivity index (χ0v) is 21.8. The topological polar surface area (TPSA) is 149 Å². The Morgan fingerprint density at radius 2 is 2.03 bits per heavy atom. The zero-order chi connectivity index (χ0) is 26.9. The number of aliphatic hydroxyl groups is 1. The summed E-state index contributed by atoms with van der Waals surface area (Å²) in [4.78, 5) is 21.7. The quantitative estimate of drug-likeness (QED) is 0.0854. The summed E-state index contributed by atoms with van der Waals surface area (Å²) < 4.78 is 5.03. The fourth-order valence-corrected chi connectivity index (χ4v) is 4.65. The average molecular weight is 535 g/mol. The molecule has 0 aliphatic carbocycles. The van der Waals surface area contributed by atoms with Crippen LogP contribution in [0.5, 0.6) is 0 Å². The number of benzene rings is 2. The van der Waals surface area contributed by atoms with E-state index in [1.165, 1.54) is 18.1 Å². The van der Waals surface area contributed by atoms with Gasteiger partial charge in [0.2, 0.25) is 5.95 Å². The summed E-state index contributed by atoms with van der Waals surface area (Å²) in [6.07, 6.45) is 5.06. The molecule has 11 nitrogen and oxygen atoms in total. The minimum atomic E-state index is -0.399. The van der Waals surface area contributed by atoms with E-state index in [0.717, 1.165) is 33.3 Å². The van der Waals surface area contributed by atoms with E-state index in [2.05, 4.69) is 42.5 Å². The molecule has 0 unspecified atom stereocenters. The molecule has 12 heteroatoms. The van der Waals surface area contributed by atoms with E-state index >= 15 is 0 Å². The van der Waals surface area contributed by atoms with E-state index in [1.807, 2.05) is 54.2 Å². The minimum Gasteiger partial charge on any atom is -0.395 e. The number of rotatable bonds is 13. The molecule has 0 saturated carbocycles. The lowest BCUT2D eigenvalue weighted by molar-refractivity contribution is 0.0945. The predicted molar refractivity (Wildman–Crippen MR) is 149 cm³/mol. The van der Waals surface area contributed by atoms with Crippen LogP contribution >= 0.6 is 11.9 Å². The maximum atomic E-state index is 12.7. The van der Waals surface area contributed by atoms with E-state index in [1.54, 1.807) is 6.08 Å². The second kappa shape index (κ2) is 13.0. The minimum absolute atomic E-state index is 0.116. The maximum Gasteiger partial charge on any atom is 0.256 e. The largest absolute Gasteiger partial charge is 0.395 e. The third kappa shape index (κ3) is 6.47. The average Bonchev–Trinajstić information content (AvgIpc) is 3.30. The first kappa shape index (κ1) is 27.1. The normalized spacial score (nSPS) is 10.9. The van der Waals surface area contributed by atoms with Crippen LogP contribution in [0.4, 0.5) is 17.5 Å². The summed E-state index contributed by atoms with van der Waals surface area (Å²) in [5.74, 6) is 0.806. The van der Waals surface area contributed by atoms with Crippen LogP contribution in [0, 0.1) is 6.92 Å². The molecular formula is C26H30N8O3S. The number of anilines is 3. The lowest BCUT2D eigenvalue weighted by Crippen LogP contribution is -2.27. The number of nitrogens with one attached hydrogen (secondary N) is 4. The Morgan fingerprint density at radius 3 is 2.79 bits per heavy atom. The predicted octanol–water partition coefficient (Wildman–Crippen LogP) is 3.53. The van der Waals surface area contributed by atoms with Crippen molar-refractivity contribution in [3.8, 4) is 0 Å². The van der Waals surface area contributed by atoms with Gasteiger partial charge in [0.15, 0.2) is 5.82 Å². The van der Waals surface area contributed by atoms with Crippen LogP contribution in [0.1, 0.15) is 27.0 Å². The molecule has 0 fully saturated rings. The number of carbonyl (C=O) groups excluding carboxylic acids is 1. The van der Waals surface area contributed by atoms with Crippen LogP contribution in [0.3, 0.4) is 0 Å². The molecule has 0 radical (unpaired) electrons. The van der Waals surface area contributed by atoms with Crippen LogP contribution < -0.4 is 20.8 Å². The van der Waals surface area contributed by atoms with Crippen molar-refractivity contribution in [2.75, 3.05) is 23.2 Å².